The first-order chi connectivity index (χ1) is 14.1. The maximum absolute atomic E-state index is 12.6. The van der Waals surface area contributed by atoms with Crippen LogP contribution in [0.2, 0.25) is 5.02 Å². The number of nitrogens with one attached hydrogen (secondary N) is 2. The van der Waals surface area contributed by atoms with Gasteiger partial charge in [0.1, 0.15) is 11.5 Å². The fourth-order valence-electron chi connectivity index (χ4n) is 2.42. The topological polar surface area (TPSA) is 71.3 Å². The standard InChI is InChI=1S/C22H19ClN2O3S/c23-17-8-10-19(11-9-17)29-14-12-24-22(27)20(15-18-7-4-13-28-18)25-21(26)16-5-2-1-3-6-16/h1-11,13,15H,12,14H2,(H,24,27)(H,25,26)/b20-15-. The summed E-state index contributed by atoms with van der Waals surface area (Å²) in [6.07, 6.45) is 3.01. The van der Waals surface area contributed by atoms with Crippen molar-refractivity contribution in [3.05, 3.63) is 95.0 Å². The Morgan fingerprint density at radius 2 is 1.76 bits per heavy atom. The van der Waals surface area contributed by atoms with Crippen LogP contribution in [-0.2, 0) is 4.79 Å². The second-order valence-electron chi connectivity index (χ2n) is 5.95. The van der Waals surface area contributed by atoms with Gasteiger partial charge in [0.05, 0.1) is 6.26 Å². The van der Waals surface area contributed by atoms with Crippen molar-refractivity contribution >= 4 is 41.3 Å². The van der Waals surface area contributed by atoms with E-state index in [0.717, 1.165) is 4.90 Å². The van der Waals surface area contributed by atoms with Crippen LogP contribution in [0.15, 0.2) is 88.0 Å². The van der Waals surface area contributed by atoms with Crippen molar-refractivity contribution in [2.75, 3.05) is 12.3 Å². The highest BCUT2D eigenvalue weighted by Crippen LogP contribution is 2.19. The molecule has 3 rings (SSSR count). The molecule has 5 nitrogen and oxygen atoms in total. The third-order valence-electron chi connectivity index (χ3n) is 3.83. The number of amides is 2. The van der Waals surface area contributed by atoms with E-state index < -0.39 is 0 Å². The summed E-state index contributed by atoms with van der Waals surface area (Å²) in [6, 6.07) is 19.6. The first kappa shape index (κ1) is 20.8. The van der Waals surface area contributed by atoms with Gasteiger partial charge in [0.2, 0.25) is 0 Å². The summed E-state index contributed by atoms with van der Waals surface area (Å²) in [6.45, 7) is 0.433. The third-order valence-corrected chi connectivity index (χ3v) is 5.09. The molecule has 7 heteroatoms. The van der Waals surface area contributed by atoms with Crippen molar-refractivity contribution in [3.63, 3.8) is 0 Å². The predicted octanol–water partition coefficient (Wildman–Crippen LogP) is 4.61. The Morgan fingerprint density at radius 1 is 1.00 bits per heavy atom. The number of carbonyl (C=O) groups excluding carboxylic acids is 2. The molecular formula is C22H19ClN2O3S. The molecule has 148 valence electrons. The Bertz CT molecular complexity index is 971. The number of carbonyl (C=O) groups is 2. The number of thioether (sulfide) groups is 1. The summed E-state index contributed by atoms with van der Waals surface area (Å²) in [5.41, 5.74) is 0.578. The lowest BCUT2D eigenvalue weighted by atomic mass is 10.2. The monoisotopic (exact) mass is 426 g/mol. The number of halogens is 1. The molecule has 0 aliphatic heterocycles. The first-order valence-corrected chi connectivity index (χ1v) is 10.3. The summed E-state index contributed by atoms with van der Waals surface area (Å²) in [5, 5.41) is 6.17. The molecule has 0 fully saturated rings. The van der Waals surface area contributed by atoms with Gasteiger partial charge in [0.15, 0.2) is 0 Å². The van der Waals surface area contributed by atoms with E-state index in [1.165, 1.54) is 12.3 Å². The van der Waals surface area contributed by atoms with Gasteiger partial charge in [0, 0.05) is 33.9 Å². The van der Waals surface area contributed by atoms with Gasteiger partial charge in [-0.2, -0.15) is 0 Å². The molecule has 2 amide bonds. The Labute approximate surface area is 178 Å². The molecule has 0 saturated heterocycles. The van der Waals surface area contributed by atoms with Gasteiger partial charge >= 0.3 is 0 Å². The van der Waals surface area contributed by atoms with E-state index in [1.54, 1.807) is 48.2 Å². The van der Waals surface area contributed by atoms with Crippen LogP contribution in [0.5, 0.6) is 0 Å². The molecule has 29 heavy (non-hydrogen) atoms. The lowest BCUT2D eigenvalue weighted by molar-refractivity contribution is -0.117. The SMILES string of the molecule is O=C(NCCSc1ccc(Cl)cc1)/C(=C/c1ccco1)NC(=O)c1ccccc1. The van der Waals surface area contributed by atoms with Crippen LogP contribution in [-0.4, -0.2) is 24.1 Å². The van der Waals surface area contributed by atoms with Crippen molar-refractivity contribution < 1.29 is 14.0 Å². The van der Waals surface area contributed by atoms with Gasteiger partial charge in [-0.1, -0.05) is 29.8 Å². The highest BCUT2D eigenvalue weighted by atomic mass is 35.5. The predicted molar refractivity (Wildman–Crippen MR) is 116 cm³/mol. The highest BCUT2D eigenvalue weighted by Gasteiger charge is 2.15. The minimum atomic E-state index is -0.387. The van der Waals surface area contributed by atoms with Crippen molar-refractivity contribution in [2.24, 2.45) is 0 Å². The minimum absolute atomic E-state index is 0.116. The molecule has 0 aliphatic carbocycles. The zero-order valence-corrected chi connectivity index (χ0v) is 17.0. The largest absolute Gasteiger partial charge is 0.465 e. The first-order valence-electron chi connectivity index (χ1n) is 8.90. The summed E-state index contributed by atoms with van der Waals surface area (Å²) in [5.74, 6) is 0.393. The number of benzene rings is 2. The molecule has 0 saturated carbocycles. The average Bonchev–Trinajstić information content (AvgIpc) is 3.25. The van der Waals surface area contributed by atoms with E-state index >= 15 is 0 Å². The van der Waals surface area contributed by atoms with Gasteiger partial charge in [0.25, 0.3) is 11.8 Å². The molecule has 0 radical (unpaired) electrons. The van der Waals surface area contributed by atoms with Crippen LogP contribution in [0.1, 0.15) is 16.1 Å². The van der Waals surface area contributed by atoms with Crippen LogP contribution in [0, 0.1) is 0 Å². The van der Waals surface area contributed by atoms with Gasteiger partial charge < -0.3 is 15.1 Å². The lowest BCUT2D eigenvalue weighted by Crippen LogP contribution is -2.35. The van der Waals surface area contributed by atoms with Crippen molar-refractivity contribution in [2.45, 2.75) is 4.90 Å². The lowest BCUT2D eigenvalue weighted by Gasteiger charge is -2.11. The molecule has 1 aromatic heterocycles. The van der Waals surface area contributed by atoms with Crippen LogP contribution in [0.4, 0.5) is 0 Å². The quantitative estimate of drug-likeness (QED) is 0.313. The van der Waals surface area contributed by atoms with E-state index in [1.807, 2.05) is 30.3 Å². The summed E-state index contributed by atoms with van der Waals surface area (Å²) in [7, 11) is 0. The summed E-state index contributed by atoms with van der Waals surface area (Å²) < 4.78 is 5.27. The smallest absolute Gasteiger partial charge is 0.267 e. The van der Waals surface area contributed by atoms with Crippen molar-refractivity contribution in [1.29, 1.82) is 0 Å². The molecule has 0 unspecified atom stereocenters. The minimum Gasteiger partial charge on any atom is -0.465 e. The fourth-order valence-corrected chi connectivity index (χ4v) is 3.31. The Balaban J connectivity index is 1.60. The van der Waals surface area contributed by atoms with Crippen molar-refractivity contribution in [1.82, 2.24) is 10.6 Å². The maximum atomic E-state index is 12.6. The number of furan rings is 1. The molecule has 1 heterocycles. The zero-order valence-electron chi connectivity index (χ0n) is 15.4. The van der Waals surface area contributed by atoms with Crippen molar-refractivity contribution in [3.8, 4) is 0 Å². The normalized spacial score (nSPS) is 11.1. The maximum Gasteiger partial charge on any atom is 0.267 e. The molecule has 0 spiro atoms. The summed E-state index contributed by atoms with van der Waals surface area (Å²) >= 11 is 7.48. The van der Waals surface area contributed by atoms with Crippen LogP contribution in [0.3, 0.4) is 0 Å². The third kappa shape index (κ3) is 6.55. The van der Waals surface area contributed by atoms with Crippen LogP contribution in [0.25, 0.3) is 6.08 Å². The zero-order chi connectivity index (χ0) is 20.5. The van der Waals surface area contributed by atoms with Gasteiger partial charge in [-0.25, -0.2) is 0 Å². The summed E-state index contributed by atoms with van der Waals surface area (Å²) in [4.78, 5) is 26.1. The molecule has 0 aliphatic rings. The van der Waals surface area contributed by atoms with E-state index in [-0.39, 0.29) is 17.5 Å². The Hall–Kier alpha value is -2.96. The Kier molecular flexibility index (Phi) is 7.55. The molecule has 2 N–H and O–H groups in total. The fraction of sp³-hybridized carbons (Fsp3) is 0.0909. The second-order valence-corrected chi connectivity index (χ2v) is 7.56. The molecular weight excluding hydrogens is 408 g/mol. The number of hydrogen-bond acceptors (Lipinski definition) is 4. The van der Waals surface area contributed by atoms with Gasteiger partial charge in [-0.05, 0) is 48.5 Å². The Morgan fingerprint density at radius 3 is 2.45 bits per heavy atom. The molecule has 3 aromatic rings. The molecule has 2 aromatic carbocycles. The van der Waals surface area contributed by atoms with E-state index in [9.17, 15) is 9.59 Å². The van der Waals surface area contributed by atoms with Gasteiger partial charge in [-0.3, -0.25) is 9.59 Å². The molecule has 0 bridgehead atoms. The molecule has 0 atom stereocenters. The van der Waals surface area contributed by atoms with E-state index in [4.69, 9.17) is 16.0 Å². The number of hydrogen-bond donors (Lipinski definition) is 2. The van der Waals surface area contributed by atoms with Crippen LogP contribution < -0.4 is 10.6 Å². The van der Waals surface area contributed by atoms with E-state index in [0.29, 0.717) is 28.6 Å². The number of rotatable bonds is 8. The highest BCUT2D eigenvalue weighted by molar-refractivity contribution is 7.99. The average molecular weight is 427 g/mol. The van der Waals surface area contributed by atoms with Gasteiger partial charge in [-0.15, -0.1) is 11.8 Å². The second kappa shape index (κ2) is 10.5. The van der Waals surface area contributed by atoms with E-state index in [2.05, 4.69) is 10.6 Å². The van der Waals surface area contributed by atoms with Crippen LogP contribution >= 0.6 is 23.4 Å².